The molecule has 3 rings (SSSR count). The van der Waals surface area contributed by atoms with Gasteiger partial charge in [0.2, 0.25) is 0 Å². The Morgan fingerprint density at radius 2 is 2.00 bits per heavy atom. The van der Waals surface area contributed by atoms with Crippen molar-refractivity contribution in [2.75, 3.05) is 5.73 Å². The first-order valence-electron chi connectivity index (χ1n) is 6.64. The summed E-state index contributed by atoms with van der Waals surface area (Å²) in [5, 5.41) is 7.93. The summed E-state index contributed by atoms with van der Waals surface area (Å²) in [5.41, 5.74) is 9.63. The van der Waals surface area contributed by atoms with Gasteiger partial charge in [-0.2, -0.15) is 5.10 Å². The van der Waals surface area contributed by atoms with Crippen molar-refractivity contribution in [2.24, 2.45) is 0 Å². The van der Waals surface area contributed by atoms with Crippen LogP contribution in [-0.2, 0) is 6.42 Å². The number of aryl methyl sites for hydroxylation is 1. The summed E-state index contributed by atoms with van der Waals surface area (Å²) in [6.45, 7) is 1.97. The molecule has 21 heavy (non-hydrogen) atoms. The Morgan fingerprint density at radius 3 is 2.76 bits per heavy atom. The predicted molar refractivity (Wildman–Crippen MR) is 85.2 cm³/mol. The van der Waals surface area contributed by atoms with Crippen molar-refractivity contribution in [3.63, 3.8) is 0 Å². The van der Waals surface area contributed by atoms with Crippen LogP contribution in [0.15, 0.2) is 42.5 Å². The Morgan fingerprint density at radius 1 is 1.19 bits per heavy atom. The molecule has 2 aromatic carbocycles. The predicted octanol–water partition coefficient (Wildman–Crippen LogP) is 3.61. The van der Waals surface area contributed by atoms with Crippen molar-refractivity contribution >= 4 is 17.3 Å². The third kappa shape index (κ3) is 2.90. The molecule has 3 N–H and O–H groups in total. The second kappa shape index (κ2) is 5.58. The fraction of sp³-hybridized carbons (Fsp3) is 0.125. The van der Waals surface area contributed by atoms with Gasteiger partial charge in [-0.3, -0.25) is 5.10 Å². The van der Waals surface area contributed by atoms with E-state index in [0.29, 0.717) is 12.2 Å². The first-order valence-corrected chi connectivity index (χ1v) is 7.02. The highest BCUT2D eigenvalue weighted by molar-refractivity contribution is 6.31. The topological polar surface area (TPSA) is 67.6 Å². The SMILES string of the molecule is Cc1ccc(-c2n[nH]c(Cc3ccccc3Cl)n2)cc1N. The lowest BCUT2D eigenvalue weighted by Gasteiger charge is -2.01. The van der Waals surface area contributed by atoms with E-state index in [4.69, 9.17) is 17.3 Å². The minimum Gasteiger partial charge on any atom is -0.398 e. The van der Waals surface area contributed by atoms with Gasteiger partial charge in [-0.05, 0) is 30.2 Å². The number of aromatic nitrogens is 3. The number of aromatic amines is 1. The van der Waals surface area contributed by atoms with E-state index < -0.39 is 0 Å². The Balaban J connectivity index is 1.86. The Hall–Kier alpha value is -2.33. The molecule has 0 bridgehead atoms. The van der Waals surface area contributed by atoms with E-state index in [-0.39, 0.29) is 0 Å². The van der Waals surface area contributed by atoms with Gasteiger partial charge in [-0.25, -0.2) is 4.98 Å². The van der Waals surface area contributed by atoms with E-state index in [0.717, 1.165) is 33.2 Å². The maximum atomic E-state index is 6.16. The number of benzene rings is 2. The number of nitrogens with one attached hydrogen (secondary N) is 1. The van der Waals surface area contributed by atoms with Crippen LogP contribution in [-0.4, -0.2) is 15.2 Å². The van der Waals surface area contributed by atoms with E-state index in [1.807, 2.05) is 49.4 Å². The smallest absolute Gasteiger partial charge is 0.181 e. The Labute approximate surface area is 128 Å². The summed E-state index contributed by atoms with van der Waals surface area (Å²) in [6.07, 6.45) is 0.619. The standard InChI is InChI=1S/C16H15ClN4/c1-10-6-7-12(8-14(10)18)16-19-15(20-21-16)9-11-4-2-3-5-13(11)17/h2-8H,9,18H2,1H3,(H,19,20,21). The van der Waals surface area contributed by atoms with E-state index in [1.165, 1.54) is 0 Å². The zero-order chi connectivity index (χ0) is 14.8. The lowest BCUT2D eigenvalue weighted by atomic mass is 10.1. The molecule has 0 aliphatic rings. The highest BCUT2D eigenvalue weighted by Gasteiger charge is 2.09. The molecule has 0 aliphatic carbocycles. The summed E-state index contributed by atoms with van der Waals surface area (Å²) < 4.78 is 0. The van der Waals surface area contributed by atoms with E-state index in [1.54, 1.807) is 0 Å². The summed E-state index contributed by atoms with van der Waals surface area (Å²) in [7, 11) is 0. The Bertz CT molecular complexity index is 779. The van der Waals surface area contributed by atoms with Crippen molar-refractivity contribution < 1.29 is 0 Å². The summed E-state index contributed by atoms with van der Waals surface area (Å²) in [5.74, 6) is 1.42. The van der Waals surface area contributed by atoms with Gasteiger partial charge in [-0.15, -0.1) is 0 Å². The number of halogens is 1. The largest absolute Gasteiger partial charge is 0.398 e. The maximum Gasteiger partial charge on any atom is 0.181 e. The van der Waals surface area contributed by atoms with Crippen LogP contribution in [0.1, 0.15) is 17.0 Å². The third-order valence-corrected chi connectivity index (χ3v) is 3.75. The van der Waals surface area contributed by atoms with E-state index in [9.17, 15) is 0 Å². The first kappa shape index (κ1) is 13.6. The number of nitrogens with two attached hydrogens (primary N) is 1. The quantitative estimate of drug-likeness (QED) is 0.726. The molecule has 0 saturated carbocycles. The molecule has 0 atom stereocenters. The average Bonchev–Trinajstić information content (AvgIpc) is 2.93. The van der Waals surface area contributed by atoms with Crippen LogP contribution in [0.5, 0.6) is 0 Å². The molecular weight excluding hydrogens is 284 g/mol. The van der Waals surface area contributed by atoms with Gasteiger partial charge in [0.05, 0.1) is 0 Å². The van der Waals surface area contributed by atoms with Gasteiger partial charge >= 0.3 is 0 Å². The van der Waals surface area contributed by atoms with Gasteiger partial charge in [-0.1, -0.05) is 41.9 Å². The van der Waals surface area contributed by atoms with Gasteiger partial charge in [0.15, 0.2) is 5.82 Å². The van der Waals surface area contributed by atoms with Crippen LogP contribution in [0.4, 0.5) is 5.69 Å². The van der Waals surface area contributed by atoms with Crippen LogP contribution in [0.25, 0.3) is 11.4 Å². The molecular formula is C16H15ClN4. The first-order chi connectivity index (χ1) is 10.1. The zero-order valence-corrected chi connectivity index (χ0v) is 12.4. The van der Waals surface area contributed by atoms with Gasteiger partial charge in [0.1, 0.15) is 5.82 Å². The summed E-state index contributed by atoms with van der Waals surface area (Å²) >= 11 is 6.16. The number of nitrogens with zero attached hydrogens (tertiary/aromatic N) is 2. The second-order valence-electron chi connectivity index (χ2n) is 4.95. The molecule has 4 nitrogen and oxygen atoms in total. The fourth-order valence-electron chi connectivity index (χ4n) is 2.11. The molecule has 1 heterocycles. The lowest BCUT2D eigenvalue weighted by Crippen LogP contribution is -1.92. The monoisotopic (exact) mass is 298 g/mol. The van der Waals surface area contributed by atoms with Gasteiger partial charge in [0, 0.05) is 22.7 Å². The van der Waals surface area contributed by atoms with Gasteiger partial charge in [0.25, 0.3) is 0 Å². The molecule has 3 aromatic rings. The molecule has 0 unspecified atom stereocenters. The second-order valence-corrected chi connectivity index (χ2v) is 5.35. The molecule has 0 radical (unpaired) electrons. The third-order valence-electron chi connectivity index (χ3n) is 3.38. The van der Waals surface area contributed by atoms with Crippen molar-refractivity contribution in [1.82, 2.24) is 15.2 Å². The Kier molecular flexibility index (Phi) is 3.62. The number of hydrogen-bond donors (Lipinski definition) is 2. The highest BCUT2D eigenvalue weighted by Crippen LogP contribution is 2.22. The van der Waals surface area contributed by atoms with Crippen LogP contribution in [0.3, 0.4) is 0 Å². The summed E-state index contributed by atoms with van der Waals surface area (Å²) in [6, 6.07) is 13.5. The van der Waals surface area contributed by atoms with Crippen molar-refractivity contribution in [3.05, 3.63) is 64.4 Å². The number of H-pyrrole nitrogens is 1. The van der Waals surface area contributed by atoms with Crippen LogP contribution < -0.4 is 5.73 Å². The number of hydrogen-bond acceptors (Lipinski definition) is 3. The number of anilines is 1. The van der Waals surface area contributed by atoms with Crippen molar-refractivity contribution in [1.29, 1.82) is 0 Å². The van der Waals surface area contributed by atoms with E-state index >= 15 is 0 Å². The molecule has 0 aliphatic heterocycles. The fourth-order valence-corrected chi connectivity index (χ4v) is 2.31. The normalized spacial score (nSPS) is 10.8. The van der Waals surface area contributed by atoms with E-state index in [2.05, 4.69) is 15.2 Å². The van der Waals surface area contributed by atoms with Gasteiger partial charge < -0.3 is 5.73 Å². The van der Waals surface area contributed by atoms with Crippen molar-refractivity contribution in [2.45, 2.75) is 13.3 Å². The zero-order valence-electron chi connectivity index (χ0n) is 11.6. The van der Waals surface area contributed by atoms with Crippen LogP contribution >= 0.6 is 11.6 Å². The molecule has 106 valence electrons. The molecule has 0 saturated heterocycles. The molecule has 0 fully saturated rings. The highest BCUT2D eigenvalue weighted by atomic mass is 35.5. The maximum absolute atomic E-state index is 6.16. The molecule has 5 heteroatoms. The number of nitrogen functional groups attached to an aromatic ring is 1. The minimum atomic E-state index is 0.619. The average molecular weight is 299 g/mol. The molecule has 0 spiro atoms. The number of rotatable bonds is 3. The van der Waals surface area contributed by atoms with Crippen molar-refractivity contribution in [3.8, 4) is 11.4 Å². The minimum absolute atomic E-state index is 0.619. The van der Waals surface area contributed by atoms with Crippen LogP contribution in [0, 0.1) is 6.92 Å². The molecule has 1 aromatic heterocycles. The summed E-state index contributed by atoms with van der Waals surface area (Å²) in [4.78, 5) is 4.51. The lowest BCUT2D eigenvalue weighted by molar-refractivity contribution is 0.973. The van der Waals surface area contributed by atoms with Crippen LogP contribution in [0.2, 0.25) is 5.02 Å². The molecule has 0 amide bonds.